The van der Waals surface area contributed by atoms with Crippen LogP contribution < -0.4 is 0 Å². The number of likely N-dealkylation sites (tertiary alicyclic amines) is 1. The first-order chi connectivity index (χ1) is 18.3. The lowest BCUT2D eigenvalue weighted by molar-refractivity contribution is -0.242. The van der Waals surface area contributed by atoms with Crippen LogP contribution in [0.25, 0.3) is 0 Å². The molecule has 1 aliphatic heterocycles. The maximum absolute atomic E-state index is 17.7. The predicted molar refractivity (Wildman–Crippen MR) is 143 cm³/mol. The van der Waals surface area contributed by atoms with Gasteiger partial charge in [0.15, 0.2) is 17.2 Å². The van der Waals surface area contributed by atoms with Gasteiger partial charge in [0, 0.05) is 36.0 Å². The highest BCUT2D eigenvalue weighted by atomic mass is 35.5. The predicted octanol–water partition coefficient (Wildman–Crippen LogP) is 4.64. The van der Waals surface area contributed by atoms with Crippen molar-refractivity contribution >= 4 is 23.2 Å². The molecule has 3 saturated carbocycles. The summed E-state index contributed by atoms with van der Waals surface area (Å²) in [6, 6.07) is 7.56. The Morgan fingerprint density at radius 3 is 2.67 bits per heavy atom. The molecule has 5 aliphatic rings. The van der Waals surface area contributed by atoms with Crippen molar-refractivity contribution in [3.05, 3.63) is 58.7 Å². The van der Waals surface area contributed by atoms with Gasteiger partial charge in [-0.15, -0.1) is 0 Å². The average Bonchev–Trinajstić information content (AvgIpc) is 3.32. The number of hydrogen-bond acceptors (Lipinski definition) is 5. The molecule has 6 rings (SSSR count). The summed E-state index contributed by atoms with van der Waals surface area (Å²) in [5, 5.41) is 22.6. The number of nitrogens with zero attached hydrogens (tertiary/aromatic N) is 1. The van der Waals surface area contributed by atoms with E-state index in [0.29, 0.717) is 31.1 Å². The lowest BCUT2D eigenvalue weighted by Crippen LogP contribution is -2.72. The van der Waals surface area contributed by atoms with E-state index in [9.17, 15) is 19.8 Å². The molecule has 1 heterocycles. The first-order valence-corrected chi connectivity index (χ1v) is 14.2. The largest absolute Gasteiger partial charge is 0.390 e. The van der Waals surface area contributed by atoms with Crippen LogP contribution in [-0.2, 0) is 16.1 Å². The molecule has 1 aromatic carbocycles. The summed E-state index contributed by atoms with van der Waals surface area (Å²) in [7, 11) is 0. The standard InChI is InChI=1S/C31H36ClF2NO4/c1-27-8-7-21(37)10-22(27)23(33)11-24-28(2)12-19-15-35(14-18-5-4-6-20(32)9-18)17-30(19,26(39)16-36)29(28,3)13-25(38)31(24,27)34/h4-10,19,23-25,36,38H,11-17H2,1-3H3. The molecule has 0 aromatic heterocycles. The number of hydrogen-bond donors (Lipinski definition) is 2. The molecular weight excluding hydrogens is 524 g/mol. The third-order valence-corrected chi connectivity index (χ3v) is 12.2. The number of rotatable bonds is 4. The molecule has 0 bridgehead atoms. The number of alkyl halides is 2. The van der Waals surface area contributed by atoms with Crippen LogP contribution in [0.2, 0.25) is 5.02 Å². The Kier molecular flexibility index (Phi) is 5.97. The van der Waals surface area contributed by atoms with Crippen LogP contribution in [0.4, 0.5) is 8.78 Å². The maximum Gasteiger partial charge on any atom is 0.178 e. The van der Waals surface area contributed by atoms with E-state index >= 15 is 8.78 Å². The summed E-state index contributed by atoms with van der Waals surface area (Å²) in [6.45, 7) is 6.37. The van der Waals surface area contributed by atoms with E-state index in [-0.39, 0.29) is 35.9 Å². The minimum atomic E-state index is -2.21. The van der Waals surface area contributed by atoms with E-state index in [1.807, 2.05) is 32.0 Å². The maximum atomic E-state index is 17.7. The van der Waals surface area contributed by atoms with E-state index in [1.165, 1.54) is 18.2 Å². The van der Waals surface area contributed by atoms with Crippen molar-refractivity contribution in [1.29, 1.82) is 0 Å². The summed E-state index contributed by atoms with van der Waals surface area (Å²) in [5.41, 5.74) is -5.32. The molecule has 39 heavy (non-hydrogen) atoms. The summed E-state index contributed by atoms with van der Waals surface area (Å²) in [6.07, 6.45) is 1.22. The van der Waals surface area contributed by atoms with Crippen molar-refractivity contribution in [2.75, 3.05) is 19.7 Å². The van der Waals surface area contributed by atoms with E-state index < -0.39 is 52.1 Å². The number of halogens is 3. The first-order valence-electron chi connectivity index (χ1n) is 13.8. The number of aliphatic hydroxyl groups excluding tert-OH is 2. The summed E-state index contributed by atoms with van der Waals surface area (Å²) in [4.78, 5) is 28.1. The first kappa shape index (κ1) is 27.3. The van der Waals surface area contributed by atoms with Crippen molar-refractivity contribution in [3.8, 4) is 0 Å². The molecule has 210 valence electrons. The van der Waals surface area contributed by atoms with E-state index in [1.54, 1.807) is 13.0 Å². The zero-order valence-corrected chi connectivity index (χ0v) is 23.3. The van der Waals surface area contributed by atoms with Gasteiger partial charge in [0.05, 0.1) is 11.5 Å². The van der Waals surface area contributed by atoms with E-state index in [0.717, 1.165) is 5.56 Å². The van der Waals surface area contributed by atoms with Gasteiger partial charge in [-0.05, 0) is 78.4 Å². The van der Waals surface area contributed by atoms with Crippen molar-refractivity contribution in [2.24, 2.45) is 33.5 Å². The van der Waals surface area contributed by atoms with Gasteiger partial charge in [0.1, 0.15) is 12.8 Å². The molecule has 0 spiro atoms. The number of fused-ring (bicyclic) bond motifs is 7. The SMILES string of the molecule is CC12C=CC(=O)C=C1C(F)CC1C3(C)CC4CN(Cc5cccc(Cl)c5)CC4(C(=O)CO)C3(C)CC(O)C12F. The molecule has 5 nitrogen and oxygen atoms in total. The summed E-state index contributed by atoms with van der Waals surface area (Å²) in [5.74, 6) is -1.75. The summed E-state index contributed by atoms with van der Waals surface area (Å²) < 4.78 is 33.6. The fraction of sp³-hybridized carbons (Fsp3) is 0.613. The lowest BCUT2D eigenvalue weighted by Gasteiger charge is -2.67. The van der Waals surface area contributed by atoms with Crippen molar-refractivity contribution in [1.82, 2.24) is 4.90 Å². The highest BCUT2D eigenvalue weighted by Gasteiger charge is 2.81. The lowest BCUT2D eigenvalue weighted by atomic mass is 9.38. The number of ketones is 2. The average molecular weight is 560 g/mol. The molecular formula is C31H36ClF2NO4. The molecule has 0 amide bonds. The molecule has 2 N–H and O–H groups in total. The van der Waals surface area contributed by atoms with Crippen LogP contribution in [-0.4, -0.2) is 64.3 Å². The fourth-order valence-corrected chi connectivity index (χ4v) is 10.2. The second kappa shape index (κ2) is 8.54. The summed E-state index contributed by atoms with van der Waals surface area (Å²) >= 11 is 6.20. The van der Waals surface area contributed by atoms with Crippen molar-refractivity contribution < 1.29 is 28.6 Å². The number of aliphatic hydroxyl groups is 2. The number of allylic oxidation sites excluding steroid dienone is 4. The Morgan fingerprint density at radius 1 is 1.23 bits per heavy atom. The topological polar surface area (TPSA) is 77.8 Å². The van der Waals surface area contributed by atoms with Crippen LogP contribution in [0.15, 0.2) is 48.1 Å². The van der Waals surface area contributed by atoms with Crippen molar-refractivity contribution in [2.45, 2.75) is 64.5 Å². The Hall–Kier alpha value is -1.93. The minimum Gasteiger partial charge on any atom is -0.390 e. The zero-order chi connectivity index (χ0) is 28.2. The van der Waals surface area contributed by atoms with Gasteiger partial charge in [-0.3, -0.25) is 14.5 Å². The quantitative estimate of drug-likeness (QED) is 0.562. The van der Waals surface area contributed by atoms with Gasteiger partial charge in [-0.1, -0.05) is 43.7 Å². The van der Waals surface area contributed by atoms with Crippen molar-refractivity contribution in [3.63, 3.8) is 0 Å². The van der Waals surface area contributed by atoms with Crippen LogP contribution in [0, 0.1) is 33.5 Å². The molecule has 1 aromatic rings. The fourth-order valence-electron chi connectivity index (χ4n) is 10.0. The number of benzene rings is 1. The second-order valence-electron chi connectivity index (χ2n) is 13.3. The Morgan fingerprint density at radius 2 is 1.97 bits per heavy atom. The zero-order valence-electron chi connectivity index (χ0n) is 22.6. The highest BCUT2D eigenvalue weighted by molar-refractivity contribution is 6.30. The van der Waals surface area contributed by atoms with E-state index in [4.69, 9.17) is 11.6 Å². The number of carbonyl (C=O) groups excluding carboxylic acids is 2. The van der Waals surface area contributed by atoms with E-state index in [2.05, 4.69) is 4.90 Å². The van der Waals surface area contributed by atoms with Gasteiger partial charge < -0.3 is 10.2 Å². The third-order valence-electron chi connectivity index (χ3n) is 11.9. The van der Waals surface area contributed by atoms with Gasteiger partial charge in [-0.2, -0.15) is 0 Å². The molecule has 0 radical (unpaired) electrons. The van der Waals surface area contributed by atoms with Crippen LogP contribution in [0.1, 0.15) is 45.6 Å². The monoisotopic (exact) mass is 559 g/mol. The Labute approximate surface area is 232 Å². The highest BCUT2D eigenvalue weighted by Crippen LogP contribution is 2.79. The molecule has 9 unspecified atom stereocenters. The van der Waals surface area contributed by atoms with Gasteiger partial charge in [0.25, 0.3) is 0 Å². The van der Waals surface area contributed by atoms with Gasteiger partial charge in [0.2, 0.25) is 0 Å². The van der Waals surface area contributed by atoms with Crippen LogP contribution in [0.5, 0.6) is 0 Å². The molecule has 4 aliphatic carbocycles. The Bertz CT molecular complexity index is 1320. The van der Waals surface area contributed by atoms with Crippen LogP contribution in [0.3, 0.4) is 0 Å². The number of Topliss-reactive ketones (excluding diaryl/α,β-unsaturated/α-hetero) is 1. The molecule has 1 saturated heterocycles. The smallest absolute Gasteiger partial charge is 0.178 e. The second-order valence-corrected chi connectivity index (χ2v) is 13.7. The minimum absolute atomic E-state index is 0.00531. The molecule has 8 heteroatoms. The normalized spacial score (nSPS) is 46.8. The van der Waals surface area contributed by atoms with Gasteiger partial charge in [-0.25, -0.2) is 8.78 Å². The molecule has 9 atom stereocenters. The van der Waals surface area contributed by atoms with Crippen LogP contribution >= 0.6 is 11.6 Å². The number of carbonyl (C=O) groups is 2. The molecule has 4 fully saturated rings. The third kappa shape index (κ3) is 3.22. The Balaban J connectivity index is 1.44. The van der Waals surface area contributed by atoms with Gasteiger partial charge >= 0.3 is 0 Å².